The number of rotatable bonds is 22. The van der Waals surface area contributed by atoms with Crippen LogP contribution in [0.3, 0.4) is 0 Å². The van der Waals surface area contributed by atoms with Crippen molar-refractivity contribution in [2.75, 3.05) is 26.9 Å². The predicted molar refractivity (Wildman–Crippen MR) is 297 cm³/mol. The van der Waals surface area contributed by atoms with Crippen molar-refractivity contribution in [3.63, 3.8) is 0 Å². The number of ether oxygens (including phenoxy) is 11. The molecule has 94 heavy (non-hydrogen) atoms. The first-order chi connectivity index (χ1) is 42.1. The van der Waals surface area contributed by atoms with Gasteiger partial charge in [-0.1, -0.05) is 59.6 Å². The maximum atomic E-state index is 14.7. The summed E-state index contributed by atoms with van der Waals surface area (Å²) in [7, 11) is -15.4. The second kappa shape index (κ2) is 31.5. The molecule has 3 saturated carbocycles. The Hall–Kier alpha value is 0.650. The first kappa shape index (κ1) is 83.6. The van der Waals surface area contributed by atoms with Crippen molar-refractivity contribution in [1.29, 1.82) is 0 Å². The molecule has 25 unspecified atom stereocenters. The minimum atomic E-state index is -5.51. The molecule has 4 aliphatic carbocycles. The summed E-state index contributed by atoms with van der Waals surface area (Å²) in [6.45, 7) is 14.2. The summed E-state index contributed by atoms with van der Waals surface area (Å²) in [5, 5.41) is 80.2. The molecular formula is C56H87Na3O32S3. The molecule has 0 aromatic heterocycles. The van der Waals surface area contributed by atoms with Gasteiger partial charge in [0, 0.05) is 19.4 Å². The van der Waals surface area contributed by atoms with Crippen molar-refractivity contribution in [2.45, 2.75) is 255 Å². The zero-order valence-corrected chi connectivity index (χ0v) is 63.5. The Labute approximate surface area is 613 Å². The van der Waals surface area contributed by atoms with Crippen LogP contribution in [0, 0.1) is 45.3 Å². The molecule has 7 N–H and O–H groups in total. The van der Waals surface area contributed by atoms with Gasteiger partial charge >= 0.3 is 101 Å². The summed E-state index contributed by atoms with van der Waals surface area (Å²) in [5.74, 6) is -0.736. The van der Waals surface area contributed by atoms with Crippen molar-refractivity contribution < 1.29 is 238 Å². The van der Waals surface area contributed by atoms with Crippen LogP contribution < -0.4 is 88.7 Å². The third-order valence-electron chi connectivity index (χ3n) is 21.2. The van der Waals surface area contributed by atoms with Crippen LogP contribution in [0.2, 0.25) is 0 Å². The Morgan fingerprint density at radius 3 is 1.79 bits per heavy atom. The normalized spacial score (nSPS) is 45.2. The van der Waals surface area contributed by atoms with Crippen molar-refractivity contribution in [1.82, 2.24) is 0 Å². The molecule has 524 valence electrons. The quantitative estimate of drug-likeness (QED) is 0.0174. The number of aliphatic hydroxyl groups excluding tert-OH is 7. The monoisotopic (exact) mass is 1440 g/mol. The van der Waals surface area contributed by atoms with Gasteiger partial charge in [0.2, 0.25) is 31.2 Å². The Morgan fingerprint density at radius 2 is 1.23 bits per heavy atom. The van der Waals surface area contributed by atoms with Gasteiger partial charge in [-0.15, -0.1) is 0 Å². The van der Waals surface area contributed by atoms with E-state index in [0.29, 0.717) is 50.9 Å². The van der Waals surface area contributed by atoms with Crippen LogP contribution in [0.25, 0.3) is 0 Å². The maximum absolute atomic E-state index is 14.7. The van der Waals surface area contributed by atoms with Gasteiger partial charge in [-0.3, -0.25) is 22.1 Å². The Bertz CT molecular complexity index is 3010. The standard InChI is InChI=1S/C56H90O32S3.3Na/c1-24(2)12-11-17-55(9)46-29(80-26(4)57)20-54(8)28-13-14-33-52(5,6)34(16-18-53(33,7)27(28)15-19-56(46,54)51(65)87-55)83-50-45(37(60)32(21-76-50)88-91(72,73)74)86-47-39(62)38(61)42(25(3)79-47)84-49-41(64)44(36(59)31(82-49)23-78-90(69,70)71)85-48-40(63)43(75-10)35(58)30(81-48)22-77-89(66,67)68;;;/h13,24-25,27,29-50,58-64H,11-12,14-23H2,1-10H3,(H,66,67,68)(H,69,70,71)(H,72,73,74);;;/q;3*+1/p-3/t25?,27?,29?,30?,31?,32?,33?,34?,35?,36?,37?,38?,39?,40?,41?,42?,43?,44?,45?,46?,47?,48?,49?,50?,53-,54+,55+,56?;;;/m1.../s1. The molecule has 32 nitrogen and oxygen atoms in total. The molecule has 0 bridgehead atoms. The van der Waals surface area contributed by atoms with Gasteiger partial charge in [0.15, 0.2) is 25.2 Å². The van der Waals surface area contributed by atoms with E-state index in [1.165, 1.54) is 13.8 Å². The van der Waals surface area contributed by atoms with Gasteiger partial charge < -0.3 is 102 Å². The van der Waals surface area contributed by atoms with Crippen LogP contribution in [0.15, 0.2) is 11.6 Å². The number of allylic oxidation sites excluding steroid dienone is 2. The second-order valence-electron chi connectivity index (χ2n) is 27.5. The van der Waals surface area contributed by atoms with E-state index in [4.69, 9.17) is 52.1 Å². The van der Waals surface area contributed by atoms with E-state index >= 15 is 0 Å². The number of hydrogen-bond acceptors (Lipinski definition) is 32. The van der Waals surface area contributed by atoms with E-state index in [0.717, 1.165) is 25.5 Å². The molecule has 9 aliphatic rings. The Kier molecular flexibility index (Phi) is 28.0. The first-order valence-corrected chi connectivity index (χ1v) is 34.6. The number of hydrogen-bond donors (Lipinski definition) is 7. The van der Waals surface area contributed by atoms with Crippen molar-refractivity contribution in [3.05, 3.63) is 11.6 Å². The Morgan fingerprint density at radius 1 is 0.681 bits per heavy atom. The third-order valence-corrected chi connectivity index (χ3v) is 22.5. The third kappa shape index (κ3) is 16.7. The molecule has 1 spiro atoms. The molecule has 38 heteroatoms. The van der Waals surface area contributed by atoms with Crippen molar-refractivity contribution >= 4 is 43.1 Å². The average molecular weight is 1440 g/mol. The number of carbonyl (C=O) groups excluding carboxylic acids is 2. The topological polar surface area (TPSA) is 477 Å². The summed E-state index contributed by atoms with van der Waals surface area (Å²) in [6, 6.07) is 0. The molecule has 5 heterocycles. The van der Waals surface area contributed by atoms with E-state index in [-0.39, 0.29) is 118 Å². The number of fused-ring (bicyclic) bond motifs is 4. The summed E-state index contributed by atoms with van der Waals surface area (Å²) >= 11 is 0. The zero-order valence-electron chi connectivity index (χ0n) is 55.1. The van der Waals surface area contributed by atoms with Crippen molar-refractivity contribution in [3.8, 4) is 0 Å². The van der Waals surface area contributed by atoms with E-state index in [2.05, 4.69) is 46.3 Å². The number of carbonyl (C=O) groups is 2. The SMILES string of the molecule is COC1C(O)C(COS(=O)(=O)[O-])OC(OC2C(O)C(COS(=O)(=O)[O-])OC(OC3C(C)OC(OC4C(OC5CC[C@]6(C)C7CCC89C(=O)O[C@@](C)(CCCC(C)C)C8C(OC(C)=O)C[C@@]9(C)C7=CCC6C5(C)C)OCC(OS(=O)(=O)[O-])C4O)C(O)C3O)C2O)C1O.[Na+].[Na+].[Na+]. The predicted octanol–water partition coefficient (Wildman–Crippen LogP) is -10.3. The summed E-state index contributed by atoms with van der Waals surface area (Å²) < 4.78 is 183. The molecule has 0 aromatic carbocycles. The van der Waals surface area contributed by atoms with Crippen LogP contribution in [0.5, 0.6) is 0 Å². The number of cyclic esters (lactones) is 1. The smallest absolute Gasteiger partial charge is 0.726 e. The zero-order chi connectivity index (χ0) is 67.3. The molecule has 8 fully saturated rings. The van der Waals surface area contributed by atoms with Gasteiger partial charge in [-0.2, -0.15) is 0 Å². The molecule has 5 saturated heterocycles. The maximum Gasteiger partial charge on any atom is 1.00 e. The number of aliphatic hydroxyl groups is 7. The summed E-state index contributed by atoms with van der Waals surface area (Å²) in [5.41, 5.74) is -2.48. The fraction of sp³-hybridized carbons (Fsp3) is 0.929. The van der Waals surface area contributed by atoms with Crippen LogP contribution >= 0.6 is 0 Å². The van der Waals surface area contributed by atoms with Crippen LogP contribution in [0.4, 0.5) is 0 Å². The van der Waals surface area contributed by atoms with Crippen LogP contribution in [0.1, 0.15) is 120 Å². The molecule has 9 rings (SSSR count). The van der Waals surface area contributed by atoms with Crippen molar-refractivity contribution in [2.24, 2.45) is 45.3 Å². The molecule has 0 radical (unpaired) electrons. The van der Waals surface area contributed by atoms with E-state index in [1.807, 2.05) is 20.8 Å². The molecule has 5 aliphatic heterocycles. The fourth-order valence-corrected chi connectivity index (χ4v) is 18.1. The van der Waals surface area contributed by atoms with E-state index in [1.54, 1.807) is 0 Å². The second-order valence-corrected chi connectivity index (χ2v) is 30.6. The minimum absolute atomic E-state index is 0. The summed E-state index contributed by atoms with van der Waals surface area (Å²) in [6.07, 6.45) is -30.9. The number of esters is 2. The largest absolute Gasteiger partial charge is 1.00 e. The first-order valence-electron chi connectivity index (χ1n) is 30.6. The molecule has 0 amide bonds. The molecule has 0 aromatic rings. The van der Waals surface area contributed by atoms with E-state index in [9.17, 15) is 84.2 Å². The van der Waals surface area contributed by atoms with E-state index < -0.39 is 208 Å². The summed E-state index contributed by atoms with van der Waals surface area (Å²) in [4.78, 5) is 27.5. The fourth-order valence-electron chi connectivity index (χ4n) is 17.0. The van der Waals surface area contributed by atoms with Gasteiger partial charge in [-0.25, -0.2) is 25.3 Å². The molecule has 28 atom stereocenters. The van der Waals surface area contributed by atoms with Gasteiger partial charge in [0.1, 0.15) is 97.2 Å². The minimum Gasteiger partial charge on any atom is -0.726 e. The number of methoxy groups -OCH3 is 1. The molecular weight excluding hydrogens is 1350 g/mol. The van der Waals surface area contributed by atoms with Gasteiger partial charge in [0.25, 0.3) is 0 Å². The Balaban J connectivity index is 0.00000467. The van der Waals surface area contributed by atoms with Crippen LogP contribution in [-0.4, -0.2) is 248 Å². The van der Waals surface area contributed by atoms with Gasteiger partial charge in [0.05, 0.1) is 43.4 Å². The average Bonchev–Trinajstić information content (AvgIpc) is 1.47. The van der Waals surface area contributed by atoms with Gasteiger partial charge in [-0.05, 0) is 93.8 Å². The van der Waals surface area contributed by atoms with Crippen LogP contribution in [-0.2, 0) is 105 Å².